The lowest BCUT2D eigenvalue weighted by molar-refractivity contribution is 0.0526. The van der Waals surface area contributed by atoms with Gasteiger partial charge in [-0.1, -0.05) is 12.1 Å². The Morgan fingerprint density at radius 1 is 1.40 bits per heavy atom. The van der Waals surface area contributed by atoms with Crippen LogP contribution in [0.3, 0.4) is 0 Å². The topological polar surface area (TPSA) is 64.1 Å². The third-order valence-corrected chi connectivity index (χ3v) is 3.47. The number of ether oxygens (including phenoxy) is 1. The van der Waals surface area contributed by atoms with Crippen LogP contribution in [0.5, 0.6) is 0 Å². The van der Waals surface area contributed by atoms with Crippen LogP contribution in [0.15, 0.2) is 30.5 Å². The van der Waals surface area contributed by atoms with E-state index >= 15 is 0 Å². The van der Waals surface area contributed by atoms with Gasteiger partial charge in [0, 0.05) is 9.77 Å². The first-order valence-electron chi connectivity index (χ1n) is 6.14. The number of para-hydroxylation sites is 1. The van der Waals surface area contributed by atoms with Gasteiger partial charge < -0.3 is 10.1 Å². The van der Waals surface area contributed by atoms with Crippen LogP contribution in [-0.4, -0.2) is 22.5 Å². The molecule has 104 valence electrons. The maximum absolute atomic E-state index is 11.9. The SMILES string of the molecule is CCOC(=O)c1cnc(C)nc1Nc1ccccc1I. The molecule has 0 radical (unpaired) electrons. The van der Waals surface area contributed by atoms with Crippen LogP contribution in [0.4, 0.5) is 11.5 Å². The van der Waals surface area contributed by atoms with Gasteiger partial charge in [0.05, 0.1) is 12.3 Å². The summed E-state index contributed by atoms with van der Waals surface area (Å²) < 4.78 is 6.05. The van der Waals surface area contributed by atoms with E-state index in [1.54, 1.807) is 13.8 Å². The molecule has 0 aliphatic heterocycles. The van der Waals surface area contributed by atoms with Crippen molar-refractivity contribution in [3.8, 4) is 0 Å². The van der Waals surface area contributed by atoms with Crippen molar-refractivity contribution in [3.63, 3.8) is 0 Å². The second-order valence-corrected chi connectivity index (χ2v) is 5.17. The highest BCUT2D eigenvalue weighted by Crippen LogP contribution is 2.23. The zero-order chi connectivity index (χ0) is 14.5. The molecule has 6 heteroatoms. The van der Waals surface area contributed by atoms with Crippen molar-refractivity contribution in [3.05, 3.63) is 45.4 Å². The van der Waals surface area contributed by atoms with E-state index in [1.807, 2.05) is 24.3 Å². The third-order valence-electron chi connectivity index (χ3n) is 2.53. The Labute approximate surface area is 130 Å². The number of hydrogen-bond acceptors (Lipinski definition) is 5. The lowest BCUT2D eigenvalue weighted by atomic mass is 10.2. The Kier molecular flexibility index (Phi) is 4.89. The lowest BCUT2D eigenvalue weighted by Gasteiger charge is -2.11. The zero-order valence-electron chi connectivity index (χ0n) is 11.2. The molecule has 1 heterocycles. The molecule has 2 aromatic rings. The highest BCUT2D eigenvalue weighted by molar-refractivity contribution is 14.1. The van der Waals surface area contributed by atoms with E-state index in [-0.39, 0.29) is 0 Å². The molecule has 0 amide bonds. The van der Waals surface area contributed by atoms with Gasteiger partial charge in [-0.15, -0.1) is 0 Å². The minimum Gasteiger partial charge on any atom is -0.462 e. The number of halogens is 1. The summed E-state index contributed by atoms with van der Waals surface area (Å²) in [6.45, 7) is 3.85. The van der Waals surface area contributed by atoms with Crippen molar-refractivity contribution in [2.45, 2.75) is 13.8 Å². The van der Waals surface area contributed by atoms with Crippen LogP contribution in [0.2, 0.25) is 0 Å². The first-order chi connectivity index (χ1) is 9.61. The molecule has 1 aromatic carbocycles. The Bertz CT molecular complexity index is 632. The highest BCUT2D eigenvalue weighted by atomic mass is 127. The molecule has 0 atom stereocenters. The Hall–Kier alpha value is -1.70. The number of anilines is 2. The van der Waals surface area contributed by atoms with Crippen molar-refractivity contribution in [2.24, 2.45) is 0 Å². The molecule has 0 aliphatic rings. The molecule has 0 saturated carbocycles. The molecule has 20 heavy (non-hydrogen) atoms. The van der Waals surface area contributed by atoms with E-state index in [9.17, 15) is 4.79 Å². The van der Waals surface area contributed by atoms with Crippen molar-refractivity contribution in [1.29, 1.82) is 0 Å². The number of hydrogen-bond donors (Lipinski definition) is 1. The molecule has 1 aromatic heterocycles. The number of nitrogens with zero attached hydrogens (tertiary/aromatic N) is 2. The molecule has 0 saturated heterocycles. The predicted octanol–water partition coefficient (Wildman–Crippen LogP) is 3.31. The van der Waals surface area contributed by atoms with Gasteiger partial charge in [0.1, 0.15) is 17.2 Å². The van der Waals surface area contributed by atoms with Gasteiger partial charge in [0.15, 0.2) is 0 Å². The number of aryl methyl sites for hydroxylation is 1. The maximum atomic E-state index is 11.9. The average Bonchev–Trinajstić information content (AvgIpc) is 2.42. The molecule has 0 aliphatic carbocycles. The van der Waals surface area contributed by atoms with Gasteiger partial charge >= 0.3 is 5.97 Å². The molecule has 2 rings (SSSR count). The molecule has 0 fully saturated rings. The summed E-state index contributed by atoms with van der Waals surface area (Å²) in [5, 5.41) is 3.16. The van der Waals surface area contributed by atoms with Gasteiger partial charge in [0.2, 0.25) is 0 Å². The predicted molar refractivity (Wildman–Crippen MR) is 85.2 cm³/mol. The van der Waals surface area contributed by atoms with Crippen LogP contribution in [0.25, 0.3) is 0 Å². The zero-order valence-corrected chi connectivity index (χ0v) is 13.3. The number of benzene rings is 1. The molecule has 5 nitrogen and oxygen atoms in total. The number of aromatic nitrogens is 2. The standard InChI is InChI=1S/C14H14IN3O2/c1-3-20-14(19)10-8-16-9(2)17-13(10)18-12-7-5-4-6-11(12)15/h4-8H,3H2,1-2H3,(H,16,17,18). The summed E-state index contributed by atoms with van der Waals surface area (Å²) >= 11 is 2.22. The summed E-state index contributed by atoms with van der Waals surface area (Å²) in [6, 6.07) is 7.77. The maximum Gasteiger partial charge on any atom is 0.343 e. The quantitative estimate of drug-likeness (QED) is 0.649. The van der Waals surface area contributed by atoms with Crippen molar-refractivity contribution < 1.29 is 9.53 Å². The average molecular weight is 383 g/mol. The Morgan fingerprint density at radius 3 is 2.85 bits per heavy atom. The number of carbonyl (C=O) groups excluding carboxylic acids is 1. The minimum atomic E-state index is -0.430. The molecule has 1 N–H and O–H groups in total. The summed E-state index contributed by atoms with van der Waals surface area (Å²) in [7, 11) is 0. The van der Waals surface area contributed by atoms with Gasteiger partial charge in [-0.05, 0) is 48.6 Å². The fourth-order valence-corrected chi connectivity index (χ4v) is 2.14. The van der Waals surface area contributed by atoms with Crippen LogP contribution >= 0.6 is 22.6 Å². The Balaban J connectivity index is 2.37. The third kappa shape index (κ3) is 3.44. The second-order valence-electron chi connectivity index (χ2n) is 4.00. The van der Waals surface area contributed by atoms with E-state index in [0.29, 0.717) is 23.8 Å². The summed E-state index contributed by atoms with van der Waals surface area (Å²) in [5.41, 5.74) is 1.22. The van der Waals surface area contributed by atoms with Gasteiger partial charge in [-0.3, -0.25) is 0 Å². The van der Waals surface area contributed by atoms with E-state index in [1.165, 1.54) is 6.20 Å². The number of nitrogens with one attached hydrogen (secondary N) is 1. The monoisotopic (exact) mass is 383 g/mol. The molecular formula is C14H14IN3O2. The minimum absolute atomic E-state index is 0.315. The fraction of sp³-hybridized carbons (Fsp3) is 0.214. The van der Waals surface area contributed by atoms with Crippen molar-refractivity contribution >= 4 is 40.1 Å². The van der Waals surface area contributed by atoms with Crippen LogP contribution in [0, 0.1) is 10.5 Å². The molecular weight excluding hydrogens is 369 g/mol. The first kappa shape index (κ1) is 14.7. The van der Waals surface area contributed by atoms with Gasteiger partial charge in [-0.25, -0.2) is 14.8 Å². The summed E-state index contributed by atoms with van der Waals surface area (Å²) in [4.78, 5) is 20.2. The number of carbonyl (C=O) groups is 1. The first-order valence-corrected chi connectivity index (χ1v) is 7.22. The smallest absolute Gasteiger partial charge is 0.343 e. The van der Waals surface area contributed by atoms with Crippen LogP contribution in [0.1, 0.15) is 23.1 Å². The van der Waals surface area contributed by atoms with Gasteiger partial charge in [-0.2, -0.15) is 0 Å². The van der Waals surface area contributed by atoms with E-state index in [0.717, 1.165) is 9.26 Å². The Morgan fingerprint density at radius 2 is 2.15 bits per heavy atom. The largest absolute Gasteiger partial charge is 0.462 e. The fourth-order valence-electron chi connectivity index (χ4n) is 1.61. The van der Waals surface area contributed by atoms with Crippen molar-refractivity contribution in [1.82, 2.24) is 9.97 Å². The second kappa shape index (κ2) is 6.65. The number of rotatable bonds is 4. The molecule has 0 unspecified atom stereocenters. The summed E-state index contributed by atoms with van der Waals surface area (Å²) in [6.07, 6.45) is 1.48. The van der Waals surface area contributed by atoms with Crippen LogP contribution < -0.4 is 5.32 Å². The lowest BCUT2D eigenvalue weighted by Crippen LogP contribution is -2.11. The van der Waals surface area contributed by atoms with E-state index in [2.05, 4.69) is 37.9 Å². The van der Waals surface area contributed by atoms with Crippen molar-refractivity contribution in [2.75, 3.05) is 11.9 Å². The normalized spacial score (nSPS) is 10.2. The number of esters is 1. The summed E-state index contributed by atoms with van der Waals surface area (Å²) in [5.74, 6) is 0.618. The van der Waals surface area contributed by atoms with Crippen LogP contribution in [-0.2, 0) is 4.74 Å². The molecule has 0 spiro atoms. The van der Waals surface area contributed by atoms with E-state index < -0.39 is 5.97 Å². The molecule has 0 bridgehead atoms. The van der Waals surface area contributed by atoms with Gasteiger partial charge in [0.25, 0.3) is 0 Å². The highest BCUT2D eigenvalue weighted by Gasteiger charge is 2.15. The van der Waals surface area contributed by atoms with E-state index in [4.69, 9.17) is 4.74 Å².